The van der Waals surface area contributed by atoms with Gasteiger partial charge in [0.15, 0.2) is 0 Å². The summed E-state index contributed by atoms with van der Waals surface area (Å²) in [7, 11) is 1.28. The first-order valence-electron chi connectivity index (χ1n) is 15.2. The number of ether oxygens (including phenoxy) is 4. The lowest BCUT2D eigenvalue weighted by molar-refractivity contribution is -0.141. The van der Waals surface area contributed by atoms with Crippen molar-refractivity contribution in [2.75, 3.05) is 73.0 Å². The Bertz CT molecular complexity index is 1070. The van der Waals surface area contributed by atoms with Gasteiger partial charge in [0.2, 0.25) is 11.8 Å². The summed E-state index contributed by atoms with van der Waals surface area (Å²) in [6.07, 6.45) is 5.94. The number of pyridine rings is 1. The molecule has 0 spiro atoms. The van der Waals surface area contributed by atoms with Gasteiger partial charge in [0, 0.05) is 38.8 Å². The summed E-state index contributed by atoms with van der Waals surface area (Å²) in [5.41, 5.74) is 0.569. The van der Waals surface area contributed by atoms with Crippen LogP contribution in [0.2, 0.25) is 0 Å². The summed E-state index contributed by atoms with van der Waals surface area (Å²) in [5.74, 6) is -0.435. The summed E-state index contributed by atoms with van der Waals surface area (Å²) < 4.78 is 33.0. The molecule has 14 heteroatoms. The number of halogens is 1. The van der Waals surface area contributed by atoms with Crippen molar-refractivity contribution in [3.8, 4) is 5.75 Å². The van der Waals surface area contributed by atoms with Crippen LogP contribution in [-0.2, 0) is 28.6 Å². The molecule has 0 unspecified atom stereocenters. The van der Waals surface area contributed by atoms with Crippen molar-refractivity contribution in [1.29, 1.82) is 0 Å². The molecular formula is C30H45FN4O9. The Kier molecular flexibility index (Phi) is 15.1. The number of esters is 1. The van der Waals surface area contributed by atoms with E-state index in [0.717, 1.165) is 12.8 Å². The molecule has 2 N–H and O–H groups in total. The summed E-state index contributed by atoms with van der Waals surface area (Å²) >= 11 is 0. The Morgan fingerprint density at radius 3 is 2.45 bits per heavy atom. The first-order chi connectivity index (χ1) is 21.3. The maximum absolute atomic E-state index is 13.4. The first kappa shape index (κ1) is 35.0. The molecule has 0 saturated carbocycles. The number of amides is 3. The third kappa shape index (κ3) is 11.9. The zero-order chi connectivity index (χ0) is 31.7. The summed E-state index contributed by atoms with van der Waals surface area (Å²) in [4.78, 5) is 57.1. The molecule has 13 nitrogen and oxygen atoms in total. The molecule has 3 amide bonds. The predicted octanol–water partition coefficient (Wildman–Crippen LogP) is 2.59. The van der Waals surface area contributed by atoms with Gasteiger partial charge < -0.3 is 39.2 Å². The molecule has 0 bridgehead atoms. The van der Waals surface area contributed by atoms with Crippen LogP contribution in [0.25, 0.3) is 0 Å². The van der Waals surface area contributed by atoms with Gasteiger partial charge in [-0.05, 0) is 49.7 Å². The van der Waals surface area contributed by atoms with E-state index in [1.807, 2.05) is 0 Å². The van der Waals surface area contributed by atoms with Crippen LogP contribution >= 0.6 is 0 Å². The highest BCUT2D eigenvalue weighted by Gasteiger charge is 2.31. The average molecular weight is 625 g/mol. The molecule has 3 heterocycles. The van der Waals surface area contributed by atoms with E-state index in [9.17, 15) is 23.6 Å². The topological polar surface area (TPSA) is 157 Å². The van der Waals surface area contributed by atoms with E-state index >= 15 is 0 Å². The van der Waals surface area contributed by atoms with Gasteiger partial charge in [-0.3, -0.25) is 19.4 Å². The maximum atomic E-state index is 13.4. The number of nitrogens with one attached hydrogen (secondary N) is 1. The molecule has 1 aromatic rings. The molecule has 2 aliphatic heterocycles. The number of methoxy groups -OCH3 is 1. The largest absolute Gasteiger partial charge is 0.490 e. The lowest BCUT2D eigenvalue weighted by Crippen LogP contribution is -2.46. The highest BCUT2D eigenvalue weighted by atomic mass is 19.1. The van der Waals surface area contributed by atoms with Gasteiger partial charge in [-0.25, -0.2) is 9.18 Å². The summed E-state index contributed by atoms with van der Waals surface area (Å²) in [6.45, 7) is 2.49. The normalized spacial score (nSPS) is 18.0. The molecule has 3 rings (SSSR count). The van der Waals surface area contributed by atoms with Crippen molar-refractivity contribution in [1.82, 2.24) is 20.1 Å². The quantitative estimate of drug-likeness (QED) is 0.195. The van der Waals surface area contributed by atoms with Crippen LogP contribution in [0.15, 0.2) is 18.5 Å². The fourth-order valence-corrected chi connectivity index (χ4v) is 5.41. The van der Waals surface area contributed by atoms with E-state index in [1.54, 1.807) is 17.2 Å². The zero-order valence-electron chi connectivity index (χ0n) is 25.4. The number of carbonyl (C=O) groups is 4. The van der Waals surface area contributed by atoms with E-state index in [-0.39, 0.29) is 38.1 Å². The molecule has 2 atom stereocenters. The van der Waals surface area contributed by atoms with Gasteiger partial charge in [-0.2, -0.15) is 0 Å². The first-order valence-corrected chi connectivity index (χ1v) is 15.2. The number of carboxylic acid groups (broad SMARTS) is 1. The zero-order valence-corrected chi connectivity index (χ0v) is 25.4. The minimum Gasteiger partial charge on any atom is -0.490 e. The summed E-state index contributed by atoms with van der Waals surface area (Å²) in [5, 5.41) is 12.1. The number of aromatic nitrogens is 1. The molecule has 44 heavy (non-hydrogen) atoms. The van der Waals surface area contributed by atoms with E-state index in [1.165, 1.54) is 18.2 Å². The third-order valence-electron chi connectivity index (χ3n) is 7.94. The number of carbonyl (C=O) groups excluding carboxylic acids is 3. The SMILES string of the molecule is COC(=O)C[C@H](NC(=O)[C@@H]1CCCN(C(=O)CCC2CCN(C(=O)O)CC2)C1)c1cncc(OCCOCCOCCF)c1. The van der Waals surface area contributed by atoms with E-state index in [4.69, 9.17) is 24.1 Å². The molecule has 1 aromatic heterocycles. The Balaban J connectivity index is 1.50. The predicted molar refractivity (Wildman–Crippen MR) is 156 cm³/mol. The van der Waals surface area contributed by atoms with Crippen LogP contribution in [0.1, 0.15) is 56.6 Å². The number of rotatable bonds is 17. The smallest absolute Gasteiger partial charge is 0.407 e. The minimum absolute atomic E-state index is 0.000380. The lowest BCUT2D eigenvalue weighted by Gasteiger charge is -2.34. The van der Waals surface area contributed by atoms with Gasteiger partial charge in [0.1, 0.15) is 19.0 Å². The lowest BCUT2D eigenvalue weighted by atomic mass is 9.91. The van der Waals surface area contributed by atoms with Crippen LogP contribution in [0.3, 0.4) is 0 Å². The minimum atomic E-state index is -0.903. The Hall–Kier alpha value is -3.52. The van der Waals surface area contributed by atoms with Gasteiger partial charge in [-0.15, -0.1) is 0 Å². The standard InChI is InChI=1S/C30H45FN4O9/c1-41-28(37)18-26(24-17-25(20-32-19-24)44-16-15-43-14-13-42-12-8-31)33-29(38)23-3-2-9-35(21-23)27(36)5-4-22-6-10-34(11-7-22)30(39)40/h17,19-20,22-23,26H,2-16,18,21H2,1H3,(H,33,38)(H,39,40)/t23-,26+/m1/s1. The van der Waals surface area contributed by atoms with E-state index in [0.29, 0.717) is 82.3 Å². The average Bonchev–Trinajstić information content (AvgIpc) is 3.04. The van der Waals surface area contributed by atoms with Crippen LogP contribution in [0, 0.1) is 11.8 Å². The van der Waals surface area contributed by atoms with Crippen molar-refractivity contribution in [2.24, 2.45) is 11.8 Å². The number of alkyl halides is 1. The highest BCUT2D eigenvalue weighted by Crippen LogP contribution is 2.26. The van der Waals surface area contributed by atoms with Crippen molar-refractivity contribution in [3.63, 3.8) is 0 Å². The Labute approximate surface area is 257 Å². The third-order valence-corrected chi connectivity index (χ3v) is 7.94. The Morgan fingerprint density at radius 1 is 1.02 bits per heavy atom. The molecular weight excluding hydrogens is 579 g/mol. The van der Waals surface area contributed by atoms with E-state index < -0.39 is 30.7 Å². The van der Waals surface area contributed by atoms with Crippen molar-refractivity contribution in [3.05, 3.63) is 24.0 Å². The monoisotopic (exact) mass is 624 g/mol. The van der Waals surface area contributed by atoms with Gasteiger partial charge >= 0.3 is 12.1 Å². The van der Waals surface area contributed by atoms with Crippen LogP contribution in [0.4, 0.5) is 9.18 Å². The van der Waals surface area contributed by atoms with Gasteiger partial charge in [0.25, 0.3) is 0 Å². The highest BCUT2D eigenvalue weighted by molar-refractivity contribution is 5.82. The maximum Gasteiger partial charge on any atom is 0.407 e. The van der Waals surface area contributed by atoms with Crippen molar-refractivity contribution < 1.29 is 47.6 Å². The van der Waals surface area contributed by atoms with Gasteiger partial charge in [-0.1, -0.05) is 0 Å². The van der Waals surface area contributed by atoms with Crippen molar-refractivity contribution in [2.45, 2.75) is 51.0 Å². The second-order valence-electron chi connectivity index (χ2n) is 11.0. The number of hydrogen-bond acceptors (Lipinski definition) is 9. The number of hydrogen-bond donors (Lipinski definition) is 2. The fourth-order valence-electron chi connectivity index (χ4n) is 5.41. The molecule has 0 aromatic carbocycles. The molecule has 2 fully saturated rings. The molecule has 2 saturated heterocycles. The fraction of sp³-hybridized carbons (Fsp3) is 0.700. The number of nitrogens with zero attached hydrogens (tertiary/aromatic N) is 3. The van der Waals surface area contributed by atoms with Crippen molar-refractivity contribution >= 4 is 23.9 Å². The van der Waals surface area contributed by atoms with Crippen LogP contribution in [0.5, 0.6) is 5.75 Å². The molecule has 246 valence electrons. The molecule has 0 radical (unpaired) electrons. The second-order valence-corrected chi connectivity index (χ2v) is 11.0. The second kappa shape index (κ2) is 19.0. The molecule has 2 aliphatic rings. The molecule has 0 aliphatic carbocycles. The van der Waals surface area contributed by atoms with E-state index in [2.05, 4.69) is 10.3 Å². The van der Waals surface area contributed by atoms with Gasteiger partial charge in [0.05, 0.1) is 58.1 Å². The summed E-state index contributed by atoms with van der Waals surface area (Å²) in [6, 6.07) is 0.987. The number of piperidine rings is 2. The van der Waals surface area contributed by atoms with Crippen LogP contribution in [-0.4, -0.2) is 117 Å². The number of likely N-dealkylation sites (tertiary alicyclic amines) is 2. The van der Waals surface area contributed by atoms with Crippen LogP contribution < -0.4 is 10.1 Å². The Morgan fingerprint density at radius 2 is 1.75 bits per heavy atom.